The number of fused-ring (bicyclic) bond motifs is 1. The summed E-state index contributed by atoms with van der Waals surface area (Å²) in [6, 6.07) is 7.81. The molecule has 7 heteroatoms. The van der Waals surface area contributed by atoms with Gasteiger partial charge in [-0.2, -0.15) is 0 Å². The van der Waals surface area contributed by atoms with Gasteiger partial charge >= 0.3 is 5.97 Å². The second-order valence-corrected chi connectivity index (χ2v) is 6.70. The number of carbonyl (C=O) groups is 2. The van der Waals surface area contributed by atoms with Crippen molar-refractivity contribution in [1.29, 1.82) is 0 Å². The number of hydrogen-bond donors (Lipinski definition) is 1. The summed E-state index contributed by atoms with van der Waals surface area (Å²) in [6.07, 6.45) is 0.741. The normalized spacial score (nSPS) is 10.7. The maximum absolute atomic E-state index is 12.1. The minimum Gasteiger partial charge on any atom is -0.480 e. The minimum atomic E-state index is -0.984. The molecule has 0 saturated carbocycles. The highest BCUT2D eigenvalue weighted by atomic mass is 32.2. The van der Waals surface area contributed by atoms with Crippen LogP contribution in [-0.2, 0) is 9.59 Å². The van der Waals surface area contributed by atoms with Crippen molar-refractivity contribution >= 4 is 45.2 Å². The number of benzene rings is 1. The Balaban J connectivity index is 1.96. The fraction of sp³-hybridized carbons (Fsp3) is 0.357. The number of nitrogens with zero attached hydrogens (tertiary/aromatic N) is 2. The van der Waals surface area contributed by atoms with Crippen LogP contribution in [0.4, 0.5) is 0 Å². The van der Waals surface area contributed by atoms with Gasteiger partial charge in [0, 0.05) is 6.54 Å². The summed E-state index contributed by atoms with van der Waals surface area (Å²) in [4.78, 5) is 28.7. The number of carboxylic acids is 1. The number of thioether (sulfide) groups is 1. The zero-order chi connectivity index (χ0) is 15.2. The van der Waals surface area contributed by atoms with E-state index in [0.29, 0.717) is 6.54 Å². The van der Waals surface area contributed by atoms with Crippen molar-refractivity contribution in [2.24, 2.45) is 0 Å². The third-order valence-electron chi connectivity index (χ3n) is 2.77. The Morgan fingerprint density at radius 3 is 2.81 bits per heavy atom. The van der Waals surface area contributed by atoms with Gasteiger partial charge in [-0.05, 0) is 18.6 Å². The monoisotopic (exact) mass is 324 g/mol. The highest BCUT2D eigenvalue weighted by molar-refractivity contribution is 8.01. The maximum atomic E-state index is 12.1. The molecule has 1 aromatic heterocycles. The molecule has 0 radical (unpaired) electrons. The van der Waals surface area contributed by atoms with E-state index in [9.17, 15) is 9.59 Å². The lowest BCUT2D eigenvalue weighted by atomic mass is 10.3. The van der Waals surface area contributed by atoms with Crippen molar-refractivity contribution in [3.8, 4) is 0 Å². The fourth-order valence-corrected chi connectivity index (χ4v) is 3.82. The average Bonchev–Trinajstić information content (AvgIpc) is 2.86. The first-order chi connectivity index (χ1) is 10.1. The van der Waals surface area contributed by atoms with Crippen molar-refractivity contribution in [2.45, 2.75) is 17.7 Å². The van der Waals surface area contributed by atoms with E-state index in [1.165, 1.54) is 16.7 Å². The van der Waals surface area contributed by atoms with Gasteiger partial charge in [-0.15, -0.1) is 11.3 Å². The summed E-state index contributed by atoms with van der Waals surface area (Å²) >= 11 is 2.90. The van der Waals surface area contributed by atoms with E-state index >= 15 is 0 Å². The first kappa shape index (κ1) is 15.8. The summed E-state index contributed by atoms with van der Waals surface area (Å²) in [5.41, 5.74) is 0.924. The molecule has 0 spiro atoms. The third-order valence-corrected chi connectivity index (χ3v) is 4.93. The van der Waals surface area contributed by atoms with E-state index < -0.39 is 5.97 Å². The van der Waals surface area contributed by atoms with Crippen molar-refractivity contribution in [1.82, 2.24) is 9.88 Å². The van der Waals surface area contributed by atoms with Crippen LogP contribution in [0.1, 0.15) is 13.3 Å². The second-order valence-electron chi connectivity index (χ2n) is 4.45. The summed E-state index contributed by atoms with van der Waals surface area (Å²) < 4.78 is 1.92. The molecule has 0 aliphatic carbocycles. The molecule has 2 rings (SSSR count). The van der Waals surface area contributed by atoms with Gasteiger partial charge in [0.25, 0.3) is 0 Å². The molecule has 1 aromatic carbocycles. The smallest absolute Gasteiger partial charge is 0.323 e. The number of carboxylic acid groups (broad SMARTS) is 1. The maximum Gasteiger partial charge on any atom is 0.323 e. The fourth-order valence-electron chi connectivity index (χ4n) is 1.85. The van der Waals surface area contributed by atoms with E-state index in [1.807, 2.05) is 31.2 Å². The molecule has 5 nitrogen and oxygen atoms in total. The molecule has 0 unspecified atom stereocenters. The molecule has 1 N–H and O–H groups in total. The number of carbonyl (C=O) groups excluding carboxylic acids is 1. The largest absolute Gasteiger partial charge is 0.480 e. The molecular formula is C14H16N2O3S2. The van der Waals surface area contributed by atoms with Gasteiger partial charge in [0.2, 0.25) is 5.91 Å². The van der Waals surface area contributed by atoms with Gasteiger partial charge in [0.05, 0.1) is 16.0 Å². The lowest BCUT2D eigenvalue weighted by Gasteiger charge is -2.19. The Labute approximate surface area is 131 Å². The molecular weight excluding hydrogens is 308 g/mol. The van der Waals surface area contributed by atoms with Gasteiger partial charge in [0.1, 0.15) is 6.54 Å². The van der Waals surface area contributed by atoms with Gasteiger partial charge in [-0.25, -0.2) is 4.98 Å². The number of para-hydroxylation sites is 1. The number of aromatic nitrogens is 1. The zero-order valence-corrected chi connectivity index (χ0v) is 13.2. The number of thiazole rings is 1. The first-order valence-corrected chi connectivity index (χ1v) is 8.38. The molecule has 0 aliphatic rings. The highest BCUT2D eigenvalue weighted by Gasteiger charge is 2.16. The van der Waals surface area contributed by atoms with E-state index in [-0.39, 0.29) is 18.2 Å². The van der Waals surface area contributed by atoms with E-state index in [0.717, 1.165) is 21.0 Å². The highest BCUT2D eigenvalue weighted by Crippen LogP contribution is 2.29. The van der Waals surface area contributed by atoms with E-state index in [1.54, 1.807) is 11.3 Å². The van der Waals surface area contributed by atoms with Gasteiger partial charge in [-0.1, -0.05) is 30.8 Å². The molecule has 0 atom stereocenters. The van der Waals surface area contributed by atoms with Crippen molar-refractivity contribution < 1.29 is 14.7 Å². The first-order valence-electron chi connectivity index (χ1n) is 6.58. The Kier molecular flexibility index (Phi) is 5.58. The van der Waals surface area contributed by atoms with Crippen LogP contribution in [0.25, 0.3) is 10.2 Å². The number of rotatable bonds is 7. The Hall–Kier alpha value is -1.60. The zero-order valence-electron chi connectivity index (χ0n) is 11.6. The number of amides is 1. The Morgan fingerprint density at radius 1 is 1.38 bits per heavy atom. The third kappa shape index (κ3) is 4.44. The molecule has 0 saturated heterocycles. The van der Waals surface area contributed by atoms with Crippen LogP contribution < -0.4 is 0 Å². The van der Waals surface area contributed by atoms with E-state index in [4.69, 9.17) is 5.11 Å². The SMILES string of the molecule is CCCN(CC(=O)O)C(=O)CSc1nc2ccccc2s1. The van der Waals surface area contributed by atoms with Gasteiger partial charge in [-0.3, -0.25) is 9.59 Å². The van der Waals surface area contributed by atoms with Gasteiger partial charge < -0.3 is 10.0 Å². The summed E-state index contributed by atoms with van der Waals surface area (Å²) in [5, 5.41) is 8.83. The molecule has 112 valence electrons. The number of hydrogen-bond acceptors (Lipinski definition) is 5. The van der Waals surface area contributed by atoms with Crippen molar-refractivity contribution in [3.05, 3.63) is 24.3 Å². The lowest BCUT2D eigenvalue weighted by Crippen LogP contribution is -2.37. The molecule has 1 heterocycles. The quantitative estimate of drug-likeness (QED) is 0.793. The van der Waals surface area contributed by atoms with Crippen molar-refractivity contribution in [2.75, 3.05) is 18.8 Å². The molecule has 2 aromatic rings. The van der Waals surface area contributed by atoms with E-state index in [2.05, 4.69) is 4.98 Å². The van der Waals surface area contributed by atoms with Crippen LogP contribution >= 0.6 is 23.1 Å². The van der Waals surface area contributed by atoms with Crippen LogP contribution in [0.15, 0.2) is 28.6 Å². The average molecular weight is 324 g/mol. The van der Waals surface area contributed by atoms with Crippen LogP contribution in [0.2, 0.25) is 0 Å². The summed E-state index contributed by atoms with van der Waals surface area (Å²) in [6.45, 7) is 2.14. The van der Waals surface area contributed by atoms with Crippen LogP contribution in [0.3, 0.4) is 0 Å². The predicted octanol–water partition coefficient (Wildman–Crippen LogP) is 2.71. The molecule has 1 amide bonds. The standard InChI is InChI=1S/C14H16N2O3S2/c1-2-7-16(8-13(18)19)12(17)9-20-14-15-10-5-3-4-6-11(10)21-14/h3-6H,2,7-9H2,1H3,(H,18,19). The second kappa shape index (κ2) is 7.42. The Morgan fingerprint density at radius 2 is 2.14 bits per heavy atom. The van der Waals surface area contributed by atoms with Crippen LogP contribution in [0.5, 0.6) is 0 Å². The molecule has 0 aliphatic heterocycles. The molecule has 21 heavy (non-hydrogen) atoms. The lowest BCUT2D eigenvalue weighted by molar-refractivity contribution is -0.143. The minimum absolute atomic E-state index is 0.163. The summed E-state index contributed by atoms with van der Waals surface area (Å²) in [5.74, 6) is -0.932. The van der Waals surface area contributed by atoms with Crippen LogP contribution in [-0.4, -0.2) is 45.7 Å². The number of aliphatic carboxylic acids is 1. The predicted molar refractivity (Wildman–Crippen MR) is 84.9 cm³/mol. The Bertz CT molecular complexity index is 609. The summed E-state index contributed by atoms with van der Waals surface area (Å²) in [7, 11) is 0. The van der Waals surface area contributed by atoms with Crippen molar-refractivity contribution in [3.63, 3.8) is 0 Å². The molecule has 0 bridgehead atoms. The molecule has 0 fully saturated rings. The van der Waals surface area contributed by atoms with Crippen LogP contribution in [0, 0.1) is 0 Å². The van der Waals surface area contributed by atoms with Gasteiger partial charge in [0.15, 0.2) is 4.34 Å². The topological polar surface area (TPSA) is 70.5 Å².